The molecule has 166 valence electrons. The van der Waals surface area contributed by atoms with Gasteiger partial charge in [0.1, 0.15) is 0 Å². The number of piperidine rings is 1. The molecule has 5 rings (SSSR count). The number of aromatic nitrogens is 2. The molecule has 3 aromatic rings. The van der Waals surface area contributed by atoms with Crippen LogP contribution >= 0.6 is 23.2 Å². The summed E-state index contributed by atoms with van der Waals surface area (Å²) in [7, 11) is 0. The van der Waals surface area contributed by atoms with Gasteiger partial charge in [0.15, 0.2) is 0 Å². The van der Waals surface area contributed by atoms with Crippen molar-refractivity contribution in [1.82, 2.24) is 20.0 Å². The fourth-order valence-corrected chi connectivity index (χ4v) is 5.47. The maximum atomic E-state index is 13.4. The van der Waals surface area contributed by atoms with E-state index in [1.54, 1.807) is 6.20 Å². The molecule has 2 aliphatic rings. The number of nitrogens with zero attached hydrogens (tertiary/aromatic N) is 3. The summed E-state index contributed by atoms with van der Waals surface area (Å²) in [6.07, 6.45) is 3.97. The van der Waals surface area contributed by atoms with Gasteiger partial charge in [0.25, 0.3) is 5.91 Å². The normalized spacial score (nSPS) is 21.4. The molecule has 0 aliphatic carbocycles. The van der Waals surface area contributed by atoms with Crippen molar-refractivity contribution in [2.45, 2.75) is 31.7 Å². The predicted octanol–water partition coefficient (Wildman–Crippen LogP) is 5.40. The number of aromatic amines is 1. The first-order valence-corrected chi connectivity index (χ1v) is 11.8. The average Bonchev–Trinajstić information content (AvgIpc) is 3.24. The standard InChI is InChI=1S/C25H26Cl2N4O/c1-16-13-28-29-24(16)21-3-2-4-22(23(21)27)25(32)31-12-11-30-14-18(7-10-20(30)15-31)17-5-8-19(26)9-6-17/h2-6,8-9,13,18,20H,7,10-12,14-15H2,1H3,(H,28,29)/t18-,20+/m0/s1. The molecule has 0 spiro atoms. The molecule has 0 saturated carbocycles. The number of carbonyl (C=O) groups excluding carboxylic acids is 1. The summed E-state index contributed by atoms with van der Waals surface area (Å²) in [5, 5.41) is 8.35. The second-order valence-corrected chi connectivity index (χ2v) is 9.64. The zero-order valence-corrected chi connectivity index (χ0v) is 19.5. The van der Waals surface area contributed by atoms with Crippen molar-refractivity contribution in [3.8, 4) is 11.3 Å². The maximum Gasteiger partial charge on any atom is 0.255 e. The van der Waals surface area contributed by atoms with Crippen LogP contribution in [-0.2, 0) is 0 Å². The highest BCUT2D eigenvalue weighted by atomic mass is 35.5. The number of amides is 1. The molecule has 2 aliphatic heterocycles. The van der Waals surface area contributed by atoms with Gasteiger partial charge in [0.05, 0.1) is 22.5 Å². The van der Waals surface area contributed by atoms with E-state index >= 15 is 0 Å². The first-order valence-electron chi connectivity index (χ1n) is 11.1. The van der Waals surface area contributed by atoms with E-state index in [9.17, 15) is 4.79 Å². The molecule has 2 aromatic carbocycles. The SMILES string of the molecule is Cc1cn[nH]c1-c1cccc(C(=O)N2CCN3C[C@@H](c4ccc(Cl)cc4)CC[C@@H]3C2)c1Cl. The monoisotopic (exact) mass is 468 g/mol. The van der Waals surface area contributed by atoms with Crippen molar-refractivity contribution in [3.63, 3.8) is 0 Å². The molecule has 1 aromatic heterocycles. The number of hydrogen-bond acceptors (Lipinski definition) is 3. The van der Waals surface area contributed by atoms with E-state index in [1.807, 2.05) is 42.2 Å². The number of carbonyl (C=O) groups is 1. The predicted molar refractivity (Wildman–Crippen MR) is 128 cm³/mol. The van der Waals surface area contributed by atoms with E-state index in [2.05, 4.69) is 27.2 Å². The highest BCUT2D eigenvalue weighted by Crippen LogP contribution is 2.35. The van der Waals surface area contributed by atoms with Gasteiger partial charge < -0.3 is 4.90 Å². The lowest BCUT2D eigenvalue weighted by Crippen LogP contribution is -2.57. The van der Waals surface area contributed by atoms with Gasteiger partial charge in [0, 0.05) is 42.8 Å². The molecule has 0 unspecified atom stereocenters. The third-order valence-electron chi connectivity index (χ3n) is 6.86. The average molecular weight is 469 g/mol. The van der Waals surface area contributed by atoms with E-state index in [0.29, 0.717) is 29.1 Å². The molecule has 32 heavy (non-hydrogen) atoms. The summed E-state index contributed by atoms with van der Waals surface area (Å²) < 4.78 is 0. The van der Waals surface area contributed by atoms with Crippen LogP contribution in [0.15, 0.2) is 48.7 Å². The van der Waals surface area contributed by atoms with Crippen LogP contribution in [0.25, 0.3) is 11.3 Å². The summed E-state index contributed by atoms with van der Waals surface area (Å²) in [6, 6.07) is 14.3. The molecule has 2 saturated heterocycles. The number of rotatable bonds is 3. The van der Waals surface area contributed by atoms with Crippen LogP contribution in [0.2, 0.25) is 10.0 Å². The van der Waals surface area contributed by atoms with Gasteiger partial charge in [0.2, 0.25) is 0 Å². The first-order chi connectivity index (χ1) is 15.5. The maximum absolute atomic E-state index is 13.4. The van der Waals surface area contributed by atoms with Crippen LogP contribution in [0.3, 0.4) is 0 Å². The number of benzene rings is 2. The molecular weight excluding hydrogens is 443 g/mol. The smallest absolute Gasteiger partial charge is 0.255 e. The molecule has 5 nitrogen and oxygen atoms in total. The van der Waals surface area contributed by atoms with Crippen molar-refractivity contribution >= 4 is 29.1 Å². The zero-order chi connectivity index (χ0) is 22.2. The number of aryl methyl sites for hydroxylation is 1. The van der Waals surface area contributed by atoms with Crippen molar-refractivity contribution < 1.29 is 4.79 Å². The van der Waals surface area contributed by atoms with Gasteiger partial charge in [-0.25, -0.2) is 0 Å². The Kier molecular flexibility index (Phi) is 5.97. The number of H-pyrrole nitrogens is 1. The zero-order valence-electron chi connectivity index (χ0n) is 18.0. The fourth-order valence-electron chi connectivity index (χ4n) is 5.05. The fraction of sp³-hybridized carbons (Fsp3) is 0.360. The number of piperazine rings is 1. The van der Waals surface area contributed by atoms with E-state index in [1.165, 1.54) is 5.56 Å². The lowest BCUT2D eigenvalue weighted by molar-refractivity contribution is 0.0329. The summed E-state index contributed by atoms with van der Waals surface area (Å²) in [5.74, 6) is 0.531. The van der Waals surface area contributed by atoms with Gasteiger partial charge in [-0.2, -0.15) is 5.10 Å². The second-order valence-electron chi connectivity index (χ2n) is 8.82. The van der Waals surface area contributed by atoms with Crippen molar-refractivity contribution in [1.29, 1.82) is 0 Å². The van der Waals surface area contributed by atoms with Gasteiger partial charge in [-0.3, -0.25) is 14.8 Å². The topological polar surface area (TPSA) is 52.2 Å². The van der Waals surface area contributed by atoms with Gasteiger partial charge >= 0.3 is 0 Å². The molecule has 7 heteroatoms. The lowest BCUT2D eigenvalue weighted by atomic mass is 9.86. The Hall–Kier alpha value is -2.34. The molecule has 2 atom stereocenters. The summed E-state index contributed by atoms with van der Waals surface area (Å²) in [5.41, 5.74) is 4.58. The number of nitrogens with one attached hydrogen (secondary N) is 1. The first kappa shape index (κ1) is 21.5. The van der Waals surface area contributed by atoms with Crippen LogP contribution in [-0.4, -0.2) is 58.1 Å². The minimum atomic E-state index is 0.00786. The molecule has 2 fully saturated rings. The van der Waals surface area contributed by atoms with Crippen LogP contribution in [0.5, 0.6) is 0 Å². The van der Waals surface area contributed by atoms with E-state index < -0.39 is 0 Å². The highest BCUT2D eigenvalue weighted by Gasteiger charge is 2.35. The third kappa shape index (κ3) is 4.05. The molecular formula is C25H26Cl2N4O. The molecule has 1 amide bonds. The lowest BCUT2D eigenvalue weighted by Gasteiger charge is -2.46. The second kappa shape index (κ2) is 8.89. The third-order valence-corrected chi connectivity index (χ3v) is 7.52. The Bertz CT molecular complexity index is 1130. The summed E-state index contributed by atoms with van der Waals surface area (Å²) >= 11 is 12.8. The Labute approximate surface area is 198 Å². The quantitative estimate of drug-likeness (QED) is 0.559. The molecule has 3 heterocycles. The minimum Gasteiger partial charge on any atom is -0.336 e. The summed E-state index contributed by atoms with van der Waals surface area (Å²) in [6.45, 7) is 5.35. The van der Waals surface area contributed by atoms with Crippen LogP contribution in [0.4, 0.5) is 0 Å². The van der Waals surface area contributed by atoms with Gasteiger partial charge in [-0.1, -0.05) is 47.5 Å². The number of hydrogen-bond donors (Lipinski definition) is 1. The van der Waals surface area contributed by atoms with E-state index in [-0.39, 0.29) is 5.91 Å². The Morgan fingerprint density at radius 1 is 1.06 bits per heavy atom. The van der Waals surface area contributed by atoms with E-state index in [0.717, 1.165) is 54.3 Å². The van der Waals surface area contributed by atoms with Crippen molar-refractivity contribution in [3.05, 3.63) is 75.4 Å². The largest absolute Gasteiger partial charge is 0.336 e. The van der Waals surface area contributed by atoms with E-state index in [4.69, 9.17) is 23.2 Å². The molecule has 0 bridgehead atoms. The molecule has 1 N–H and O–H groups in total. The Balaban J connectivity index is 1.29. The Morgan fingerprint density at radius 2 is 1.88 bits per heavy atom. The van der Waals surface area contributed by atoms with Crippen LogP contribution in [0.1, 0.15) is 40.2 Å². The van der Waals surface area contributed by atoms with Crippen LogP contribution < -0.4 is 0 Å². The highest BCUT2D eigenvalue weighted by molar-refractivity contribution is 6.36. The number of fused-ring (bicyclic) bond motifs is 1. The van der Waals surface area contributed by atoms with Crippen molar-refractivity contribution in [2.75, 3.05) is 26.2 Å². The minimum absolute atomic E-state index is 0.00786. The van der Waals surface area contributed by atoms with Crippen molar-refractivity contribution in [2.24, 2.45) is 0 Å². The number of halogens is 2. The Morgan fingerprint density at radius 3 is 2.62 bits per heavy atom. The summed E-state index contributed by atoms with van der Waals surface area (Å²) in [4.78, 5) is 17.9. The molecule has 0 radical (unpaired) electrons. The van der Waals surface area contributed by atoms with Gasteiger partial charge in [-0.05, 0) is 55.0 Å². The van der Waals surface area contributed by atoms with Crippen LogP contribution in [0, 0.1) is 6.92 Å². The van der Waals surface area contributed by atoms with Gasteiger partial charge in [-0.15, -0.1) is 0 Å².